The van der Waals surface area contributed by atoms with Gasteiger partial charge in [0.25, 0.3) is 6.29 Å². The predicted octanol–water partition coefficient (Wildman–Crippen LogP) is 0.480. The number of ether oxygens (including phenoxy) is 3. The quantitative estimate of drug-likeness (QED) is 0.462. The van der Waals surface area contributed by atoms with Crippen LogP contribution in [0.4, 0.5) is 5.69 Å². The summed E-state index contributed by atoms with van der Waals surface area (Å²) in [7, 11) is 1.31. The average Bonchev–Trinajstić information content (AvgIpc) is 2.92. The van der Waals surface area contributed by atoms with Gasteiger partial charge in [-0.2, -0.15) is 11.8 Å². The van der Waals surface area contributed by atoms with Gasteiger partial charge in [0.1, 0.15) is 12.5 Å². The Labute approximate surface area is 138 Å². The number of amides is 1. The fourth-order valence-corrected chi connectivity index (χ4v) is 2.50. The summed E-state index contributed by atoms with van der Waals surface area (Å²) < 4.78 is 15.6. The minimum absolute atomic E-state index is 0.00364. The van der Waals surface area contributed by atoms with Crippen molar-refractivity contribution in [2.24, 2.45) is 5.73 Å². The zero-order valence-electron chi connectivity index (χ0n) is 12.8. The van der Waals surface area contributed by atoms with E-state index in [1.807, 2.05) is 6.26 Å². The summed E-state index contributed by atoms with van der Waals surface area (Å²) in [5, 5.41) is 0. The van der Waals surface area contributed by atoms with Gasteiger partial charge in [-0.25, -0.2) is 5.43 Å². The molecule has 126 valence electrons. The molecule has 23 heavy (non-hydrogen) atoms. The van der Waals surface area contributed by atoms with Crippen LogP contribution in [0, 0.1) is 0 Å². The van der Waals surface area contributed by atoms with Gasteiger partial charge in [-0.05, 0) is 18.4 Å². The number of nitrogens with two attached hydrogens (primary N) is 1. The molecular weight excluding hydrogens is 322 g/mol. The minimum atomic E-state index is -0.699. The summed E-state index contributed by atoms with van der Waals surface area (Å²) in [5.41, 5.74) is 11.8. The third kappa shape index (κ3) is 4.67. The van der Waals surface area contributed by atoms with Crippen LogP contribution in [0.2, 0.25) is 0 Å². The molecule has 0 spiro atoms. The highest BCUT2D eigenvalue weighted by Crippen LogP contribution is 2.37. The highest BCUT2D eigenvalue weighted by Gasteiger charge is 2.27. The van der Waals surface area contributed by atoms with Gasteiger partial charge < -0.3 is 25.4 Å². The van der Waals surface area contributed by atoms with Gasteiger partial charge in [0, 0.05) is 11.8 Å². The largest absolute Gasteiger partial charge is 0.469 e. The van der Waals surface area contributed by atoms with Crippen LogP contribution in [0.25, 0.3) is 0 Å². The molecule has 1 heterocycles. The van der Waals surface area contributed by atoms with Gasteiger partial charge in [-0.3, -0.25) is 9.59 Å². The van der Waals surface area contributed by atoms with Crippen molar-refractivity contribution < 1.29 is 23.8 Å². The van der Waals surface area contributed by atoms with E-state index in [1.54, 1.807) is 18.2 Å². The molecule has 2 atom stereocenters. The second kappa shape index (κ2) is 7.93. The first-order valence-corrected chi connectivity index (χ1v) is 8.27. The van der Waals surface area contributed by atoms with E-state index in [0.717, 1.165) is 0 Å². The molecule has 0 saturated carbocycles. The van der Waals surface area contributed by atoms with Crippen LogP contribution in [-0.4, -0.2) is 43.3 Å². The highest BCUT2D eigenvalue weighted by atomic mass is 32.2. The number of hydrazine groups is 1. The third-order valence-electron chi connectivity index (χ3n) is 3.09. The second-order valence-electron chi connectivity index (χ2n) is 4.79. The molecule has 0 saturated heterocycles. The molecule has 1 aliphatic heterocycles. The number of hydrogen-bond acceptors (Lipinski definition) is 8. The van der Waals surface area contributed by atoms with Crippen LogP contribution in [0.1, 0.15) is 6.42 Å². The normalized spacial score (nSPS) is 16.7. The van der Waals surface area contributed by atoms with E-state index in [0.29, 0.717) is 22.9 Å². The van der Waals surface area contributed by atoms with Crippen LogP contribution >= 0.6 is 11.8 Å². The zero-order chi connectivity index (χ0) is 16.8. The maximum atomic E-state index is 11.3. The van der Waals surface area contributed by atoms with Crippen LogP contribution < -0.4 is 26.1 Å². The molecule has 0 aliphatic carbocycles. The Morgan fingerprint density at radius 2 is 2.13 bits per heavy atom. The molecule has 9 heteroatoms. The molecule has 1 unspecified atom stereocenters. The molecule has 1 aromatic carbocycles. The Hall–Kier alpha value is -2.13. The van der Waals surface area contributed by atoms with Gasteiger partial charge in [0.2, 0.25) is 5.91 Å². The maximum absolute atomic E-state index is 11.3. The third-order valence-corrected chi connectivity index (χ3v) is 3.76. The van der Waals surface area contributed by atoms with Gasteiger partial charge in [-0.1, -0.05) is 0 Å². The van der Waals surface area contributed by atoms with Crippen molar-refractivity contribution in [1.82, 2.24) is 5.43 Å². The average molecular weight is 341 g/mol. The van der Waals surface area contributed by atoms with Crippen LogP contribution in [-0.2, 0) is 14.3 Å². The highest BCUT2D eigenvalue weighted by molar-refractivity contribution is 7.98. The number of nitrogens with one attached hydrogen (secondary N) is 2. The number of anilines is 1. The smallest absolute Gasteiger partial charge is 0.313 e. The van der Waals surface area contributed by atoms with E-state index in [9.17, 15) is 9.59 Å². The standard InChI is InChI=1S/C14H19N3O5S/c1-20-12(18)6-13-21-10-4-3-8(5-11(10)22-13)16-17-9(7-23-2)14(15)19/h3-5,9,13,16-17H,6-7H2,1-2H3,(H2,15,19)/t9-,13?/m0/s1. The number of rotatable bonds is 8. The van der Waals surface area contributed by atoms with E-state index >= 15 is 0 Å². The number of methoxy groups -OCH3 is 1. The second-order valence-corrected chi connectivity index (χ2v) is 5.70. The molecule has 2 rings (SSSR count). The number of benzene rings is 1. The van der Waals surface area contributed by atoms with Crippen LogP contribution in [0.5, 0.6) is 11.5 Å². The lowest BCUT2D eigenvalue weighted by Gasteiger charge is -2.16. The number of primary amides is 1. The van der Waals surface area contributed by atoms with E-state index < -0.39 is 24.2 Å². The lowest BCUT2D eigenvalue weighted by molar-refractivity contribution is -0.145. The fourth-order valence-electron chi connectivity index (χ4n) is 1.92. The summed E-state index contributed by atoms with van der Waals surface area (Å²) in [6.07, 6.45) is 1.19. The first-order chi connectivity index (χ1) is 11.0. The van der Waals surface area contributed by atoms with Crippen molar-refractivity contribution in [3.63, 3.8) is 0 Å². The molecule has 1 amide bonds. The molecule has 8 nitrogen and oxygen atoms in total. The van der Waals surface area contributed by atoms with Crippen molar-refractivity contribution in [3.8, 4) is 11.5 Å². The molecule has 1 aromatic rings. The van der Waals surface area contributed by atoms with E-state index in [4.69, 9.17) is 15.2 Å². The summed E-state index contributed by atoms with van der Waals surface area (Å²) in [5.74, 6) is 0.745. The summed E-state index contributed by atoms with van der Waals surface area (Å²) in [4.78, 5) is 22.5. The Balaban J connectivity index is 1.94. The molecular formula is C14H19N3O5S. The van der Waals surface area contributed by atoms with E-state index in [1.165, 1.54) is 18.9 Å². The SMILES string of the molecule is COC(=O)CC1Oc2ccc(NN[C@@H](CSC)C(N)=O)cc2O1. The first-order valence-electron chi connectivity index (χ1n) is 6.87. The molecule has 0 fully saturated rings. The Morgan fingerprint density at radius 3 is 2.78 bits per heavy atom. The Morgan fingerprint density at radius 1 is 1.39 bits per heavy atom. The fraction of sp³-hybridized carbons (Fsp3) is 0.429. The van der Waals surface area contributed by atoms with Crippen LogP contribution in [0.3, 0.4) is 0 Å². The summed E-state index contributed by atoms with van der Waals surface area (Å²) in [6.45, 7) is 0. The molecule has 4 N–H and O–H groups in total. The molecule has 0 aromatic heterocycles. The van der Waals surface area contributed by atoms with Gasteiger partial charge in [0.15, 0.2) is 11.5 Å². The van der Waals surface area contributed by atoms with Crippen molar-refractivity contribution in [1.29, 1.82) is 0 Å². The van der Waals surface area contributed by atoms with E-state index in [-0.39, 0.29) is 6.42 Å². The lowest BCUT2D eigenvalue weighted by atomic mass is 10.3. The summed E-state index contributed by atoms with van der Waals surface area (Å²) >= 11 is 1.51. The number of fused-ring (bicyclic) bond motifs is 1. The lowest BCUT2D eigenvalue weighted by Crippen LogP contribution is -2.45. The predicted molar refractivity (Wildman–Crippen MR) is 86.2 cm³/mol. The molecule has 1 aliphatic rings. The number of hydrogen-bond donors (Lipinski definition) is 3. The molecule has 0 bridgehead atoms. The van der Waals surface area contributed by atoms with Crippen LogP contribution in [0.15, 0.2) is 18.2 Å². The van der Waals surface area contributed by atoms with Gasteiger partial charge in [-0.15, -0.1) is 0 Å². The number of carbonyl (C=O) groups is 2. The number of carbonyl (C=O) groups excluding carboxylic acids is 2. The topological polar surface area (TPSA) is 112 Å². The van der Waals surface area contributed by atoms with E-state index in [2.05, 4.69) is 15.6 Å². The first kappa shape index (κ1) is 17.2. The maximum Gasteiger partial charge on any atom is 0.313 e. The number of thioether (sulfide) groups is 1. The minimum Gasteiger partial charge on any atom is -0.469 e. The van der Waals surface area contributed by atoms with Crippen molar-refractivity contribution >= 4 is 29.3 Å². The molecule has 0 radical (unpaired) electrons. The monoisotopic (exact) mass is 341 g/mol. The Bertz CT molecular complexity index is 584. The van der Waals surface area contributed by atoms with Crippen molar-refractivity contribution in [2.45, 2.75) is 18.8 Å². The Kier molecular flexibility index (Phi) is 5.94. The van der Waals surface area contributed by atoms with Gasteiger partial charge >= 0.3 is 5.97 Å². The number of esters is 1. The van der Waals surface area contributed by atoms with Crippen molar-refractivity contribution in [3.05, 3.63) is 18.2 Å². The van der Waals surface area contributed by atoms with Crippen molar-refractivity contribution in [2.75, 3.05) is 24.5 Å². The zero-order valence-corrected chi connectivity index (χ0v) is 13.6. The van der Waals surface area contributed by atoms with Gasteiger partial charge in [0.05, 0.1) is 12.8 Å². The summed E-state index contributed by atoms with van der Waals surface area (Å²) in [6, 6.07) is 4.68.